The number of piperidine rings is 1. The number of nitrogens with zero attached hydrogens (tertiary/aromatic N) is 1. The quantitative estimate of drug-likeness (QED) is 0.627. The van der Waals surface area contributed by atoms with Gasteiger partial charge in [0.1, 0.15) is 0 Å². The molecule has 1 aliphatic heterocycles. The van der Waals surface area contributed by atoms with Gasteiger partial charge in [-0.3, -0.25) is 9.59 Å². The van der Waals surface area contributed by atoms with Gasteiger partial charge in [-0.1, -0.05) is 5.92 Å². The molecule has 22 heavy (non-hydrogen) atoms. The molecule has 6 heteroatoms. The molecule has 0 unspecified atom stereocenters. The standard InChI is InChI=1S/C16H25N2O4/c1-7-8-17-13(19)11(2)22-14(20)12-9-15(3,4)18(21)16(5,6)10-12/h1,11-12H,8-10H2,2-6H3,(H,17,19)/t11-/m0/s1. The SMILES string of the molecule is C#CCNC(=O)[C@H](C)OC(=O)C1CC(C)(C)N([O])C(C)(C)C1. The first-order chi connectivity index (χ1) is 10.0. The summed E-state index contributed by atoms with van der Waals surface area (Å²) >= 11 is 0. The van der Waals surface area contributed by atoms with Gasteiger partial charge in [-0.25, -0.2) is 0 Å². The Bertz CT molecular complexity index is 461. The number of hydroxylamine groups is 2. The Morgan fingerprint density at radius 1 is 1.32 bits per heavy atom. The van der Waals surface area contributed by atoms with Crippen LogP contribution in [-0.2, 0) is 19.5 Å². The second-order valence-corrected chi connectivity index (χ2v) is 7.03. The highest BCUT2D eigenvalue weighted by atomic mass is 16.5. The average Bonchev–Trinajstić information content (AvgIpc) is 2.41. The molecule has 1 N–H and O–H groups in total. The molecule has 0 aliphatic carbocycles. The number of rotatable bonds is 4. The van der Waals surface area contributed by atoms with Crippen molar-refractivity contribution in [3.05, 3.63) is 0 Å². The highest BCUT2D eigenvalue weighted by molar-refractivity contribution is 5.84. The van der Waals surface area contributed by atoms with Crippen LogP contribution in [0.1, 0.15) is 47.5 Å². The summed E-state index contributed by atoms with van der Waals surface area (Å²) in [5, 5.41) is 15.8. The molecule has 1 saturated heterocycles. The Morgan fingerprint density at radius 3 is 2.27 bits per heavy atom. The lowest BCUT2D eigenvalue weighted by Crippen LogP contribution is -2.59. The van der Waals surface area contributed by atoms with Crippen molar-refractivity contribution in [2.75, 3.05) is 6.54 Å². The largest absolute Gasteiger partial charge is 0.452 e. The Kier molecular flexibility index (Phi) is 5.60. The zero-order valence-corrected chi connectivity index (χ0v) is 13.9. The third-order valence-corrected chi connectivity index (χ3v) is 3.95. The van der Waals surface area contributed by atoms with Gasteiger partial charge >= 0.3 is 5.97 Å². The summed E-state index contributed by atoms with van der Waals surface area (Å²) in [7, 11) is 0. The van der Waals surface area contributed by atoms with E-state index in [0.717, 1.165) is 5.06 Å². The number of amides is 1. The highest BCUT2D eigenvalue weighted by Gasteiger charge is 2.48. The van der Waals surface area contributed by atoms with Gasteiger partial charge in [0.25, 0.3) is 5.91 Å². The maximum absolute atomic E-state index is 12.3. The fourth-order valence-electron chi connectivity index (χ4n) is 3.04. The molecule has 0 spiro atoms. The van der Waals surface area contributed by atoms with E-state index in [-0.39, 0.29) is 6.54 Å². The zero-order chi connectivity index (χ0) is 17.1. The number of esters is 1. The van der Waals surface area contributed by atoms with Crippen LogP contribution in [0.2, 0.25) is 0 Å². The minimum atomic E-state index is -0.905. The summed E-state index contributed by atoms with van der Waals surface area (Å²) < 4.78 is 5.23. The van der Waals surface area contributed by atoms with Crippen molar-refractivity contribution in [1.82, 2.24) is 10.4 Å². The molecular weight excluding hydrogens is 284 g/mol. The van der Waals surface area contributed by atoms with Gasteiger partial charge in [-0.15, -0.1) is 16.7 Å². The summed E-state index contributed by atoms with van der Waals surface area (Å²) in [6.45, 7) is 8.83. The predicted molar refractivity (Wildman–Crippen MR) is 80.8 cm³/mol. The third-order valence-electron chi connectivity index (χ3n) is 3.95. The van der Waals surface area contributed by atoms with E-state index in [0.29, 0.717) is 12.8 Å². The second kappa shape index (κ2) is 6.67. The summed E-state index contributed by atoms with van der Waals surface area (Å²) in [6.07, 6.45) is 4.96. The van der Waals surface area contributed by atoms with Crippen molar-refractivity contribution >= 4 is 11.9 Å². The normalized spacial score (nSPS) is 22.4. The van der Waals surface area contributed by atoms with Crippen molar-refractivity contribution in [3.63, 3.8) is 0 Å². The number of ether oxygens (including phenoxy) is 1. The number of terminal acetylenes is 1. The maximum atomic E-state index is 12.3. The van der Waals surface area contributed by atoms with Crippen LogP contribution in [0.4, 0.5) is 0 Å². The minimum Gasteiger partial charge on any atom is -0.452 e. The van der Waals surface area contributed by atoms with Crippen molar-refractivity contribution in [2.24, 2.45) is 5.92 Å². The van der Waals surface area contributed by atoms with E-state index in [1.54, 1.807) is 0 Å². The van der Waals surface area contributed by atoms with E-state index < -0.39 is 35.0 Å². The Balaban J connectivity index is 2.70. The van der Waals surface area contributed by atoms with Gasteiger partial charge in [-0.2, -0.15) is 0 Å². The Hall–Kier alpha value is -1.58. The van der Waals surface area contributed by atoms with Crippen LogP contribution in [0.25, 0.3) is 0 Å². The number of hydrogen-bond acceptors (Lipinski definition) is 4. The van der Waals surface area contributed by atoms with Crippen LogP contribution in [0, 0.1) is 18.3 Å². The van der Waals surface area contributed by atoms with E-state index >= 15 is 0 Å². The monoisotopic (exact) mass is 309 g/mol. The molecular formula is C16H25N2O4. The van der Waals surface area contributed by atoms with Crippen LogP contribution >= 0.6 is 0 Å². The molecule has 1 amide bonds. The van der Waals surface area contributed by atoms with Crippen LogP contribution < -0.4 is 5.32 Å². The lowest BCUT2D eigenvalue weighted by Gasteiger charge is -2.49. The van der Waals surface area contributed by atoms with Crippen LogP contribution in [0.3, 0.4) is 0 Å². The van der Waals surface area contributed by atoms with E-state index in [1.807, 2.05) is 27.7 Å². The highest BCUT2D eigenvalue weighted by Crippen LogP contribution is 2.40. The molecule has 1 fully saturated rings. The number of hydrogen-bond donors (Lipinski definition) is 1. The van der Waals surface area contributed by atoms with Crippen molar-refractivity contribution in [3.8, 4) is 12.3 Å². The van der Waals surface area contributed by atoms with Gasteiger partial charge < -0.3 is 10.1 Å². The number of carbonyl (C=O) groups is 2. The maximum Gasteiger partial charge on any atom is 0.309 e. The first-order valence-electron chi connectivity index (χ1n) is 7.40. The molecule has 1 heterocycles. The van der Waals surface area contributed by atoms with Crippen LogP contribution in [-0.4, -0.2) is 40.7 Å². The molecule has 0 aromatic carbocycles. The van der Waals surface area contributed by atoms with E-state index in [9.17, 15) is 14.8 Å². The zero-order valence-electron chi connectivity index (χ0n) is 13.9. The fraction of sp³-hybridized carbons (Fsp3) is 0.750. The Labute approximate surface area is 132 Å². The summed E-state index contributed by atoms with van der Waals surface area (Å²) in [5.41, 5.74) is -1.30. The number of carbonyl (C=O) groups excluding carboxylic acids is 2. The second-order valence-electron chi connectivity index (χ2n) is 7.03. The molecule has 1 rings (SSSR count). The third kappa shape index (κ3) is 4.21. The predicted octanol–water partition coefficient (Wildman–Crippen LogP) is 1.28. The van der Waals surface area contributed by atoms with E-state index in [1.165, 1.54) is 6.92 Å². The molecule has 0 aromatic rings. The molecule has 123 valence electrons. The molecule has 0 saturated carbocycles. The van der Waals surface area contributed by atoms with Gasteiger partial charge in [-0.05, 0) is 47.5 Å². The lowest BCUT2D eigenvalue weighted by molar-refractivity contribution is -0.293. The van der Waals surface area contributed by atoms with Crippen molar-refractivity contribution < 1.29 is 19.5 Å². The lowest BCUT2D eigenvalue weighted by atomic mass is 9.75. The molecule has 1 radical (unpaired) electrons. The average molecular weight is 309 g/mol. The van der Waals surface area contributed by atoms with Gasteiger partial charge in [0.2, 0.25) is 0 Å². The smallest absolute Gasteiger partial charge is 0.309 e. The van der Waals surface area contributed by atoms with Crippen molar-refractivity contribution in [2.45, 2.75) is 64.6 Å². The van der Waals surface area contributed by atoms with Crippen molar-refractivity contribution in [1.29, 1.82) is 0 Å². The molecule has 0 aromatic heterocycles. The summed E-state index contributed by atoms with van der Waals surface area (Å²) in [4.78, 5) is 24.0. The van der Waals surface area contributed by atoms with Gasteiger partial charge in [0.05, 0.1) is 12.5 Å². The number of nitrogens with one attached hydrogen (secondary N) is 1. The first kappa shape index (κ1) is 18.5. The topological polar surface area (TPSA) is 78.5 Å². The molecule has 6 nitrogen and oxygen atoms in total. The fourth-order valence-corrected chi connectivity index (χ4v) is 3.04. The molecule has 1 aliphatic rings. The first-order valence-corrected chi connectivity index (χ1v) is 7.40. The molecule has 1 atom stereocenters. The summed E-state index contributed by atoms with van der Waals surface area (Å²) in [5.74, 6) is 1.01. The Morgan fingerprint density at radius 2 is 1.82 bits per heavy atom. The minimum absolute atomic E-state index is 0.0926. The van der Waals surface area contributed by atoms with Gasteiger partial charge in [0, 0.05) is 11.1 Å². The van der Waals surface area contributed by atoms with Crippen LogP contribution in [0.5, 0.6) is 0 Å². The van der Waals surface area contributed by atoms with Gasteiger partial charge in [0.15, 0.2) is 6.10 Å². The van der Waals surface area contributed by atoms with E-state index in [4.69, 9.17) is 11.2 Å². The van der Waals surface area contributed by atoms with E-state index in [2.05, 4.69) is 11.2 Å². The summed E-state index contributed by atoms with van der Waals surface area (Å²) in [6, 6.07) is 0. The van der Waals surface area contributed by atoms with Crippen LogP contribution in [0.15, 0.2) is 0 Å². The molecule has 0 bridgehead atoms.